The van der Waals surface area contributed by atoms with Gasteiger partial charge in [0.05, 0.1) is 29.4 Å². The Morgan fingerprint density at radius 3 is 2.21 bits per heavy atom. The highest BCUT2D eigenvalue weighted by molar-refractivity contribution is 8.93. The maximum atomic E-state index is 12.6. The summed E-state index contributed by atoms with van der Waals surface area (Å²) in [6.45, 7) is 3.18. The molecular formula is C21H26BrN3O2S. The summed E-state index contributed by atoms with van der Waals surface area (Å²) in [4.78, 5) is 32.7. The average Bonchev–Trinajstić information content (AvgIpc) is 3.03. The maximum Gasteiger partial charge on any atom is 0.261 e. The SMILES string of the molecule is Br.CCn1c(CN2C(=O)c3ccccc3C2=O)csc1=NC1CCCCCC1. The number of fused-ring (bicyclic) bond motifs is 1. The lowest BCUT2D eigenvalue weighted by molar-refractivity contribution is 0.0638. The van der Waals surface area contributed by atoms with Crippen LogP contribution in [0.1, 0.15) is 71.9 Å². The molecule has 1 aliphatic carbocycles. The van der Waals surface area contributed by atoms with Gasteiger partial charge in [0, 0.05) is 11.9 Å². The predicted molar refractivity (Wildman–Crippen MR) is 116 cm³/mol. The summed E-state index contributed by atoms with van der Waals surface area (Å²) in [5.74, 6) is -0.404. The molecule has 2 aliphatic rings. The van der Waals surface area contributed by atoms with E-state index in [1.165, 1.54) is 30.6 Å². The van der Waals surface area contributed by atoms with Crippen molar-refractivity contribution in [2.45, 2.75) is 64.6 Å². The molecule has 0 radical (unpaired) electrons. The van der Waals surface area contributed by atoms with Crippen LogP contribution in [0.5, 0.6) is 0 Å². The molecule has 2 heterocycles. The third kappa shape index (κ3) is 4.01. The summed E-state index contributed by atoms with van der Waals surface area (Å²) in [5, 5.41) is 2.04. The molecule has 28 heavy (non-hydrogen) atoms. The molecule has 1 aromatic carbocycles. The first kappa shape index (κ1) is 21.0. The summed E-state index contributed by atoms with van der Waals surface area (Å²) in [5.41, 5.74) is 1.98. The minimum absolute atomic E-state index is 0. The molecular weight excluding hydrogens is 438 g/mol. The van der Waals surface area contributed by atoms with Crippen molar-refractivity contribution < 1.29 is 9.59 Å². The number of carbonyl (C=O) groups excluding carboxylic acids is 2. The van der Waals surface area contributed by atoms with E-state index in [1.54, 1.807) is 35.6 Å². The lowest BCUT2D eigenvalue weighted by atomic mass is 10.1. The van der Waals surface area contributed by atoms with Crippen LogP contribution in [0, 0.1) is 0 Å². The number of halogens is 1. The second-order valence-corrected chi connectivity index (χ2v) is 8.11. The first-order valence-electron chi connectivity index (χ1n) is 9.85. The minimum atomic E-state index is -0.202. The molecule has 5 nitrogen and oxygen atoms in total. The van der Waals surface area contributed by atoms with Gasteiger partial charge in [0.1, 0.15) is 0 Å². The van der Waals surface area contributed by atoms with Crippen molar-refractivity contribution in [1.29, 1.82) is 0 Å². The largest absolute Gasteiger partial charge is 0.320 e. The molecule has 0 saturated heterocycles. The predicted octanol–water partition coefficient (Wildman–Crippen LogP) is 4.57. The van der Waals surface area contributed by atoms with Crippen molar-refractivity contribution in [3.8, 4) is 0 Å². The fourth-order valence-corrected chi connectivity index (χ4v) is 5.05. The Hall–Kier alpha value is -1.73. The number of rotatable bonds is 4. The lowest BCUT2D eigenvalue weighted by Gasteiger charge is -2.15. The number of imide groups is 1. The molecule has 7 heteroatoms. The van der Waals surface area contributed by atoms with Crippen molar-refractivity contribution >= 4 is 40.1 Å². The molecule has 1 saturated carbocycles. The summed E-state index contributed by atoms with van der Waals surface area (Å²) >= 11 is 1.62. The van der Waals surface area contributed by atoms with E-state index in [9.17, 15) is 9.59 Å². The normalized spacial score (nSPS) is 18.2. The van der Waals surface area contributed by atoms with Gasteiger partial charge in [-0.15, -0.1) is 28.3 Å². The molecule has 1 aliphatic heterocycles. The van der Waals surface area contributed by atoms with Gasteiger partial charge in [0.15, 0.2) is 4.80 Å². The van der Waals surface area contributed by atoms with Crippen LogP contribution in [0.15, 0.2) is 34.6 Å². The van der Waals surface area contributed by atoms with Gasteiger partial charge in [-0.05, 0) is 31.9 Å². The summed E-state index contributed by atoms with van der Waals surface area (Å²) in [6.07, 6.45) is 7.47. The van der Waals surface area contributed by atoms with Gasteiger partial charge < -0.3 is 4.57 Å². The molecule has 0 atom stereocenters. The summed E-state index contributed by atoms with van der Waals surface area (Å²) in [6, 6.07) is 7.45. The van der Waals surface area contributed by atoms with Crippen LogP contribution in [0.25, 0.3) is 0 Å². The zero-order chi connectivity index (χ0) is 18.8. The molecule has 1 fully saturated rings. The number of aromatic nitrogens is 1. The lowest BCUT2D eigenvalue weighted by Crippen LogP contribution is -2.31. The number of hydrogen-bond donors (Lipinski definition) is 0. The van der Waals surface area contributed by atoms with Gasteiger partial charge in [-0.1, -0.05) is 37.8 Å². The Balaban J connectivity index is 0.00000225. The molecule has 150 valence electrons. The zero-order valence-electron chi connectivity index (χ0n) is 16.1. The molecule has 1 aromatic heterocycles. The zero-order valence-corrected chi connectivity index (χ0v) is 18.6. The van der Waals surface area contributed by atoms with E-state index in [0.29, 0.717) is 23.7 Å². The van der Waals surface area contributed by atoms with Gasteiger partial charge in [-0.25, -0.2) is 0 Å². The standard InChI is InChI=1S/C21H25N3O2S.BrH/c1-2-23-16(14-27-21(23)22-15-9-5-3-4-6-10-15)13-24-19(25)17-11-7-8-12-18(17)20(24)26;/h7-8,11-12,14-15H,2-6,9-10,13H2,1H3;1H. The Kier molecular flexibility index (Phi) is 6.88. The summed E-state index contributed by atoms with van der Waals surface area (Å²) < 4.78 is 2.15. The van der Waals surface area contributed by atoms with Gasteiger partial charge in [0.25, 0.3) is 11.8 Å². The van der Waals surface area contributed by atoms with Crippen LogP contribution in [0.3, 0.4) is 0 Å². The quantitative estimate of drug-likeness (QED) is 0.492. The van der Waals surface area contributed by atoms with E-state index in [4.69, 9.17) is 4.99 Å². The van der Waals surface area contributed by atoms with Gasteiger partial charge >= 0.3 is 0 Å². The van der Waals surface area contributed by atoms with Crippen LogP contribution in [0.4, 0.5) is 0 Å². The second kappa shape index (κ2) is 9.18. The van der Waals surface area contributed by atoms with E-state index in [0.717, 1.165) is 29.9 Å². The second-order valence-electron chi connectivity index (χ2n) is 7.27. The van der Waals surface area contributed by atoms with Crippen LogP contribution < -0.4 is 4.80 Å². The topological polar surface area (TPSA) is 54.7 Å². The minimum Gasteiger partial charge on any atom is -0.320 e. The number of carbonyl (C=O) groups is 2. The Bertz CT molecular complexity index is 891. The highest BCUT2D eigenvalue weighted by atomic mass is 79.9. The Labute approximate surface area is 179 Å². The van der Waals surface area contributed by atoms with Crippen molar-refractivity contribution in [3.05, 3.63) is 51.3 Å². The van der Waals surface area contributed by atoms with Crippen molar-refractivity contribution in [3.63, 3.8) is 0 Å². The Morgan fingerprint density at radius 1 is 1.04 bits per heavy atom. The fourth-order valence-electron chi connectivity index (χ4n) is 4.02. The number of nitrogens with zero attached hydrogens (tertiary/aromatic N) is 3. The van der Waals surface area contributed by atoms with Crippen molar-refractivity contribution in [1.82, 2.24) is 9.47 Å². The molecule has 2 aromatic rings. The molecule has 2 amide bonds. The molecule has 0 bridgehead atoms. The van der Waals surface area contributed by atoms with E-state index in [1.807, 2.05) is 5.38 Å². The molecule has 0 unspecified atom stereocenters. The van der Waals surface area contributed by atoms with Gasteiger partial charge in [-0.3, -0.25) is 19.5 Å². The average molecular weight is 464 g/mol. The first-order valence-corrected chi connectivity index (χ1v) is 10.7. The van der Waals surface area contributed by atoms with Crippen molar-refractivity contribution in [2.75, 3.05) is 0 Å². The van der Waals surface area contributed by atoms with E-state index >= 15 is 0 Å². The Morgan fingerprint density at radius 2 is 1.64 bits per heavy atom. The monoisotopic (exact) mass is 463 g/mol. The van der Waals surface area contributed by atoms with E-state index < -0.39 is 0 Å². The third-order valence-corrected chi connectivity index (χ3v) is 6.44. The molecule has 4 rings (SSSR count). The molecule has 0 N–H and O–H groups in total. The fraction of sp³-hybridized carbons (Fsp3) is 0.476. The van der Waals surface area contributed by atoms with Gasteiger partial charge in [-0.2, -0.15) is 0 Å². The van der Waals surface area contributed by atoms with Crippen LogP contribution in [-0.2, 0) is 13.1 Å². The first-order chi connectivity index (χ1) is 13.2. The van der Waals surface area contributed by atoms with Crippen molar-refractivity contribution in [2.24, 2.45) is 4.99 Å². The number of hydrogen-bond acceptors (Lipinski definition) is 4. The number of benzene rings is 1. The maximum absolute atomic E-state index is 12.6. The molecule has 0 spiro atoms. The van der Waals surface area contributed by atoms with Crippen LogP contribution >= 0.6 is 28.3 Å². The van der Waals surface area contributed by atoms with E-state index in [-0.39, 0.29) is 28.8 Å². The van der Waals surface area contributed by atoms with E-state index in [2.05, 4.69) is 11.5 Å². The highest BCUT2D eigenvalue weighted by Crippen LogP contribution is 2.24. The third-order valence-electron chi connectivity index (χ3n) is 5.51. The van der Waals surface area contributed by atoms with Gasteiger partial charge in [0.2, 0.25) is 0 Å². The highest BCUT2D eigenvalue weighted by Gasteiger charge is 2.35. The van der Waals surface area contributed by atoms with Crippen LogP contribution in [-0.4, -0.2) is 27.3 Å². The number of amides is 2. The smallest absolute Gasteiger partial charge is 0.261 e. The number of thiazole rings is 1. The van der Waals surface area contributed by atoms with Crippen LogP contribution in [0.2, 0.25) is 0 Å². The summed E-state index contributed by atoms with van der Waals surface area (Å²) in [7, 11) is 0.